The Kier molecular flexibility index (Phi) is 4.93. The molecule has 0 saturated carbocycles. The van der Waals surface area contributed by atoms with Crippen molar-refractivity contribution in [2.24, 2.45) is 0 Å². The molecule has 2 N–H and O–H groups in total. The number of carboxylic acid groups (broad SMARTS) is 1. The number of nitrogens with zero attached hydrogens (tertiary/aromatic N) is 1. The number of carboxylic acids is 1. The zero-order chi connectivity index (χ0) is 16.1. The summed E-state index contributed by atoms with van der Waals surface area (Å²) in [6, 6.07) is 6.79. The fraction of sp³-hybridized carbons (Fsp3) is 0.312. The lowest BCUT2D eigenvalue weighted by atomic mass is 10.1. The van der Waals surface area contributed by atoms with Crippen LogP contribution in [-0.4, -0.2) is 22.1 Å². The first kappa shape index (κ1) is 15.8. The molecule has 6 heteroatoms. The number of carbonyl (C=O) groups excluding carboxylic acids is 1. The van der Waals surface area contributed by atoms with Gasteiger partial charge in [-0.15, -0.1) is 0 Å². The molecule has 22 heavy (non-hydrogen) atoms. The monoisotopic (exact) mass is 302 g/mol. The third-order valence-corrected chi connectivity index (χ3v) is 3.38. The average molecular weight is 302 g/mol. The second-order valence-corrected chi connectivity index (χ2v) is 5.12. The Balaban J connectivity index is 1.88. The minimum Gasteiger partial charge on any atom is -0.481 e. The van der Waals surface area contributed by atoms with Crippen LogP contribution >= 0.6 is 0 Å². The van der Waals surface area contributed by atoms with Crippen molar-refractivity contribution >= 4 is 17.6 Å². The molecule has 0 atom stereocenters. The van der Waals surface area contributed by atoms with E-state index in [1.807, 2.05) is 13.8 Å². The predicted octanol–water partition coefficient (Wildman–Crippen LogP) is 2.49. The highest BCUT2D eigenvalue weighted by molar-refractivity contribution is 5.90. The van der Waals surface area contributed by atoms with E-state index in [0.717, 1.165) is 17.0 Å². The Labute approximate surface area is 128 Å². The lowest BCUT2D eigenvalue weighted by Crippen LogP contribution is -2.12. The maximum atomic E-state index is 11.9. The summed E-state index contributed by atoms with van der Waals surface area (Å²) in [4.78, 5) is 22.5. The van der Waals surface area contributed by atoms with Gasteiger partial charge in [0.15, 0.2) is 0 Å². The molecule has 116 valence electrons. The first-order chi connectivity index (χ1) is 10.5. The van der Waals surface area contributed by atoms with Crippen molar-refractivity contribution < 1.29 is 19.2 Å². The summed E-state index contributed by atoms with van der Waals surface area (Å²) >= 11 is 0. The average Bonchev–Trinajstić information content (AvgIpc) is 2.77. The van der Waals surface area contributed by atoms with Crippen LogP contribution in [0.5, 0.6) is 0 Å². The SMILES string of the molecule is Cc1noc(C)c1CCC(=O)Nc1ccc(CC(=O)O)cc1. The highest BCUT2D eigenvalue weighted by Crippen LogP contribution is 2.15. The second-order valence-electron chi connectivity index (χ2n) is 5.12. The topological polar surface area (TPSA) is 92.4 Å². The summed E-state index contributed by atoms with van der Waals surface area (Å²) < 4.78 is 5.06. The number of aryl methyl sites for hydroxylation is 2. The minimum atomic E-state index is -0.878. The lowest BCUT2D eigenvalue weighted by molar-refractivity contribution is -0.136. The molecule has 0 aliphatic rings. The van der Waals surface area contributed by atoms with Gasteiger partial charge in [0, 0.05) is 17.7 Å². The molecule has 0 spiro atoms. The van der Waals surface area contributed by atoms with E-state index in [1.165, 1.54) is 0 Å². The summed E-state index contributed by atoms with van der Waals surface area (Å²) in [5.41, 5.74) is 3.12. The van der Waals surface area contributed by atoms with Gasteiger partial charge in [-0.05, 0) is 38.0 Å². The minimum absolute atomic E-state index is 0.0275. The van der Waals surface area contributed by atoms with Crippen molar-refractivity contribution in [2.45, 2.75) is 33.1 Å². The smallest absolute Gasteiger partial charge is 0.307 e. The molecule has 0 aliphatic heterocycles. The highest BCUT2D eigenvalue weighted by atomic mass is 16.5. The Morgan fingerprint density at radius 2 is 1.91 bits per heavy atom. The number of carbonyl (C=O) groups is 2. The van der Waals surface area contributed by atoms with Gasteiger partial charge >= 0.3 is 5.97 Å². The van der Waals surface area contributed by atoms with Crippen molar-refractivity contribution in [3.8, 4) is 0 Å². The van der Waals surface area contributed by atoms with Crippen LogP contribution in [0.1, 0.15) is 29.0 Å². The Bertz CT molecular complexity index is 654. The number of nitrogens with one attached hydrogen (secondary N) is 1. The normalized spacial score (nSPS) is 10.5. The van der Waals surface area contributed by atoms with Gasteiger partial charge in [0.2, 0.25) is 5.91 Å². The number of aromatic nitrogens is 1. The van der Waals surface area contributed by atoms with Crippen molar-refractivity contribution in [2.75, 3.05) is 5.32 Å². The molecule has 2 aromatic rings. The van der Waals surface area contributed by atoms with Gasteiger partial charge < -0.3 is 14.9 Å². The fourth-order valence-corrected chi connectivity index (χ4v) is 2.20. The van der Waals surface area contributed by atoms with E-state index in [2.05, 4.69) is 10.5 Å². The standard InChI is InChI=1S/C16H18N2O4/c1-10-14(11(2)22-18-10)7-8-15(19)17-13-5-3-12(4-6-13)9-16(20)21/h3-6H,7-9H2,1-2H3,(H,17,19)(H,20,21). The fourth-order valence-electron chi connectivity index (χ4n) is 2.20. The van der Waals surface area contributed by atoms with Crippen LogP contribution in [0.15, 0.2) is 28.8 Å². The number of benzene rings is 1. The number of aliphatic carboxylic acids is 1. The number of hydrogen-bond donors (Lipinski definition) is 2. The molecule has 1 aromatic heterocycles. The number of hydrogen-bond acceptors (Lipinski definition) is 4. The van der Waals surface area contributed by atoms with E-state index in [4.69, 9.17) is 9.63 Å². The van der Waals surface area contributed by atoms with Crippen LogP contribution in [0.3, 0.4) is 0 Å². The first-order valence-electron chi connectivity index (χ1n) is 6.98. The molecule has 0 saturated heterocycles. The quantitative estimate of drug-likeness (QED) is 0.855. The van der Waals surface area contributed by atoms with Crippen LogP contribution in [0, 0.1) is 13.8 Å². The van der Waals surface area contributed by atoms with Gasteiger partial charge in [-0.25, -0.2) is 0 Å². The zero-order valence-corrected chi connectivity index (χ0v) is 12.5. The van der Waals surface area contributed by atoms with E-state index in [1.54, 1.807) is 24.3 Å². The molecular formula is C16H18N2O4. The molecule has 6 nitrogen and oxygen atoms in total. The third-order valence-electron chi connectivity index (χ3n) is 3.38. The van der Waals surface area contributed by atoms with E-state index in [9.17, 15) is 9.59 Å². The third kappa shape index (κ3) is 4.18. The molecular weight excluding hydrogens is 284 g/mol. The summed E-state index contributed by atoms with van der Waals surface area (Å²) in [6.07, 6.45) is 0.879. The van der Waals surface area contributed by atoms with E-state index < -0.39 is 5.97 Å². The number of amides is 1. The summed E-state index contributed by atoms with van der Waals surface area (Å²) in [6.45, 7) is 3.68. The van der Waals surface area contributed by atoms with Crippen molar-refractivity contribution in [3.05, 3.63) is 46.8 Å². The first-order valence-corrected chi connectivity index (χ1v) is 6.98. The van der Waals surface area contributed by atoms with Crippen LogP contribution in [0.2, 0.25) is 0 Å². The van der Waals surface area contributed by atoms with E-state index in [0.29, 0.717) is 24.1 Å². The molecule has 1 amide bonds. The maximum absolute atomic E-state index is 11.9. The number of rotatable bonds is 6. The highest BCUT2D eigenvalue weighted by Gasteiger charge is 2.11. The van der Waals surface area contributed by atoms with E-state index >= 15 is 0 Å². The summed E-state index contributed by atoms with van der Waals surface area (Å²) in [5, 5.41) is 15.3. The largest absolute Gasteiger partial charge is 0.481 e. The molecule has 0 aliphatic carbocycles. The molecule has 0 radical (unpaired) electrons. The molecule has 0 bridgehead atoms. The molecule has 1 heterocycles. The van der Waals surface area contributed by atoms with Gasteiger partial charge in [-0.1, -0.05) is 17.3 Å². The van der Waals surface area contributed by atoms with Crippen LogP contribution < -0.4 is 5.32 Å². The molecule has 0 fully saturated rings. The molecule has 0 unspecified atom stereocenters. The number of anilines is 1. The Morgan fingerprint density at radius 3 is 2.45 bits per heavy atom. The van der Waals surface area contributed by atoms with Crippen LogP contribution in [0.4, 0.5) is 5.69 Å². The van der Waals surface area contributed by atoms with Crippen LogP contribution in [0.25, 0.3) is 0 Å². The van der Waals surface area contributed by atoms with Gasteiger partial charge in [0.05, 0.1) is 12.1 Å². The second kappa shape index (κ2) is 6.89. The molecule has 2 rings (SSSR count). The van der Waals surface area contributed by atoms with Gasteiger partial charge in [-0.3, -0.25) is 9.59 Å². The van der Waals surface area contributed by atoms with Gasteiger partial charge in [0.1, 0.15) is 5.76 Å². The van der Waals surface area contributed by atoms with Crippen molar-refractivity contribution in [1.82, 2.24) is 5.16 Å². The maximum Gasteiger partial charge on any atom is 0.307 e. The summed E-state index contributed by atoms with van der Waals surface area (Å²) in [7, 11) is 0. The van der Waals surface area contributed by atoms with E-state index in [-0.39, 0.29) is 12.3 Å². The lowest BCUT2D eigenvalue weighted by Gasteiger charge is -2.06. The van der Waals surface area contributed by atoms with Crippen molar-refractivity contribution in [3.63, 3.8) is 0 Å². The zero-order valence-electron chi connectivity index (χ0n) is 12.5. The Hall–Kier alpha value is -2.63. The van der Waals surface area contributed by atoms with Crippen molar-refractivity contribution in [1.29, 1.82) is 0 Å². The molecule has 1 aromatic carbocycles. The summed E-state index contributed by atoms with van der Waals surface area (Å²) in [5.74, 6) is -0.245. The van der Waals surface area contributed by atoms with Crippen LogP contribution in [-0.2, 0) is 22.4 Å². The Morgan fingerprint density at radius 1 is 1.23 bits per heavy atom. The van der Waals surface area contributed by atoms with Gasteiger partial charge in [-0.2, -0.15) is 0 Å². The van der Waals surface area contributed by atoms with Gasteiger partial charge in [0.25, 0.3) is 0 Å². The predicted molar refractivity (Wildman–Crippen MR) is 80.7 cm³/mol.